The first-order valence-corrected chi connectivity index (χ1v) is 10.6. The van der Waals surface area contributed by atoms with Crippen LogP contribution in [0.15, 0.2) is 48.5 Å². The number of benzene rings is 2. The zero-order valence-corrected chi connectivity index (χ0v) is 18.6. The minimum Gasteiger partial charge on any atom is -0.492 e. The Morgan fingerprint density at radius 1 is 1.03 bits per heavy atom. The molecular weight excluding hydrogens is 376 g/mol. The summed E-state index contributed by atoms with van der Waals surface area (Å²) in [5, 5.41) is 0.827. The van der Waals surface area contributed by atoms with Crippen molar-refractivity contribution in [1.29, 1.82) is 0 Å². The van der Waals surface area contributed by atoms with Crippen molar-refractivity contribution in [2.24, 2.45) is 0 Å². The first-order chi connectivity index (χ1) is 14.4. The summed E-state index contributed by atoms with van der Waals surface area (Å²) >= 11 is 0. The minimum atomic E-state index is -0.328. The highest BCUT2D eigenvalue weighted by atomic mass is 16.5. The molecule has 0 unspecified atom stereocenters. The number of esters is 1. The molecule has 0 radical (unpaired) electrons. The molecule has 160 valence electrons. The van der Waals surface area contributed by atoms with E-state index in [-0.39, 0.29) is 12.6 Å². The van der Waals surface area contributed by atoms with Crippen LogP contribution in [-0.4, -0.2) is 41.1 Å². The second kappa shape index (κ2) is 9.81. The van der Waals surface area contributed by atoms with Crippen molar-refractivity contribution in [3.63, 3.8) is 0 Å². The van der Waals surface area contributed by atoms with Crippen LogP contribution in [0.3, 0.4) is 0 Å². The molecule has 2 aromatic carbocycles. The van der Waals surface area contributed by atoms with Crippen LogP contribution in [0, 0.1) is 6.92 Å². The Morgan fingerprint density at radius 3 is 2.40 bits per heavy atom. The largest absolute Gasteiger partial charge is 0.492 e. The maximum absolute atomic E-state index is 12.8. The van der Waals surface area contributed by atoms with Crippen LogP contribution in [0.5, 0.6) is 5.75 Å². The van der Waals surface area contributed by atoms with Gasteiger partial charge < -0.3 is 14.5 Å². The van der Waals surface area contributed by atoms with Crippen molar-refractivity contribution in [2.45, 2.75) is 53.3 Å². The predicted molar refractivity (Wildman–Crippen MR) is 121 cm³/mol. The van der Waals surface area contributed by atoms with Crippen LogP contribution in [-0.2, 0) is 11.3 Å². The molecular formula is C25H32N2O3. The molecule has 0 atom stereocenters. The predicted octanol–water partition coefficient (Wildman–Crippen LogP) is 5.33. The molecule has 0 aliphatic heterocycles. The van der Waals surface area contributed by atoms with Crippen molar-refractivity contribution < 1.29 is 14.3 Å². The van der Waals surface area contributed by atoms with Crippen LogP contribution in [0.25, 0.3) is 10.9 Å². The molecule has 1 aromatic heterocycles. The average Bonchev–Trinajstić information content (AvgIpc) is 3.04. The van der Waals surface area contributed by atoms with E-state index < -0.39 is 0 Å². The van der Waals surface area contributed by atoms with Gasteiger partial charge in [-0.2, -0.15) is 0 Å². The molecule has 5 heteroatoms. The summed E-state index contributed by atoms with van der Waals surface area (Å²) in [6.07, 6.45) is 0. The number of H-pyrrole nitrogens is 1. The van der Waals surface area contributed by atoms with E-state index in [1.807, 2.05) is 55.5 Å². The van der Waals surface area contributed by atoms with Gasteiger partial charge in [0.2, 0.25) is 0 Å². The van der Waals surface area contributed by atoms with Crippen LogP contribution in [0.1, 0.15) is 49.3 Å². The summed E-state index contributed by atoms with van der Waals surface area (Å²) in [5.74, 6) is 0.427. The summed E-state index contributed by atoms with van der Waals surface area (Å²) in [7, 11) is 0. The highest BCUT2D eigenvalue weighted by molar-refractivity contribution is 6.05. The molecule has 0 saturated carbocycles. The van der Waals surface area contributed by atoms with Crippen molar-refractivity contribution in [1.82, 2.24) is 9.88 Å². The van der Waals surface area contributed by atoms with Crippen molar-refractivity contribution in [3.8, 4) is 5.75 Å². The summed E-state index contributed by atoms with van der Waals surface area (Å²) in [5.41, 5.74) is 3.23. The lowest BCUT2D eigenvalue weighted by molar-refractivity contribution is 0.0474. The fourth-order valence-electron chi connectivity index (χ4n) is 3.84. The number of aromatic nitrogens is 1. The lowest BCUT2D eigenvalue weighted by atomic mass is 10.1. The van der Waals surface area contributed by atoms with Gasteiger partial charge in [-0.25, -0.2) is 4.79 Å². The number of rotatable bonds is 9. The summed E-state index contributed by atoms with van der Waals surface area (Å²) < 4.78 is 11.6. The van der Waals surface area contributed by atoms with E-state index in [1.54, 1.807) is 0 Å². The molecule has 30 heavy (non-hydrogen) atoms. The number of hydrogen-bond acceptors (Lipinski definition) is 4. The molecule has 0 aliphatic rings. The van der Waals surface area contributed by atoms with E-state index >= 15 is 0 Å². The Balaban J connectivity index is 1.71. The molecule has 0 bridgehead atoms. The van der Waals surface area contributed by atoms with E-state index in [0.29, 0.717) is 24.3 Å². The Hall–Kier alpha value is -2.79. The monoisotopic (exact) mass is 408 g/mol. The molecule has 0 fully saturated rings. The van der Waals surface area contributed by atoms with Crippen molar-refractivity contribution in [3.05, 3.63) is 65.4 Å². The zero-order valence-electron chi connectivity index (χ0n) is 18.6. The van der Waals surface area contributed by atoms with Gasteiger partial charge in [-0.3, -0.25) is 4.90 Å². The SMILES string of the molecule is Cc1[nH]c2ccc(OCCN(C(C)C)C(C)C)cc2c1C(=O)OCc1ccccc1. The van der Waals surface area contributed by atoms with Crippen molar-refractivity contribution >= 4 is 16.9 Å². The normalized spacial score (nSPS) is 11.6. The Kier molecular flexibility index (Phi) is 7.16. The number of aromatic amines is 1. The molecule has 5 nitrogen and oxygen atoms in total. The summed E-state index contributed by atoms with van der Waals surface area (Å²) in [6.45, 7) is 12.4. The maximum atomic E-state index is 12.8. The highest BCUT2D eigenvalue weighted by Crippen LogP contribution is 2.27. The number of aryl methyl sites for hydroxylation is 1. The number of hydrogen-bond donors (Lipinski definition) is 1. The number of nitrogens with zero attached hydrogens (tertiary/aromatic N) is 1. The van der Waals surface area contributed by atoms with Gasteiger partial charge in [0.25, 0.3) is 0 Å². The van der Waals surface area contributed by atoms with Gasteiger partial charge in [0.15, 0.2) is 0 Å². The third-order valence-corrected chi connectivity index (χ3v) is 5.32. The molecule has 0 aliphatic carbocycles. The third-order valence-electron chi connectivity index (χ3n) is 5.32. The van der Waals surface area contributed by atoms with Gasteiger partial charge in [0.1, 0.15) is 19.0 Å². The number of nitrogens with one attached hydrogen (secondary N) is 1. The fraction of sp³-hybridized carbons (Fsp3) is 0.400. The first kappa shape index (κ1) is 21.9. The smallest absolute Gasteiger partial charge is 0.340 e. The topological polar surface area (TPSA) is 54.6 Å². The standard InChI is InChI=1S/C25H32N2O3/c1-17(2)27(18(3)4)13-14-29-21-11-12-23-22(15-21)24(19(5)26-23)25(28)30-16-20-9-7-6-8-10-20/h6-12,15,17-18,26H,13-14,16H2,1-5H3. The van der Waals surface area contributed by atoms with E-state index in [0.717, 1.165) is 34.5 Å². The molecule has 3 aromatic rings. The highest BCUT2D eigenvalue weighted by Gasteiger charge is 2.19. The molecule has 3 rings (SSSR count). The summed E-state index contributed by atoms with van der Waals surface area (Å²) in [6, 6.07) is 16.4. The molecule has 0 saturated heterocycles. The third kappa shape index (κ3) is 5.22. The maximum Gasteiger partial charge on any atom is 0.340 e. The summed E-state index contributed by atoms with van der Waals surface area (Å²) in [4.78, 5) is 18.5. The van der Waals surface area contributed by atoms with E-state index in [4.69, 9.17) is 9.47 Å². The number of carbonyl (C=O) groups excluding carboxylic acids is 1. The fourth-order valence-corrected chi connectivity index (χ4v) is 3.84. The first-order valence-electron chi connectivity index (χ1n) is 10.6. The van der Waals surface area contributed by atoms with Gasteiger partial charge >= 0.3 is 5.97 Å². The van der Waals surface area contributed by atoms with Crippen LogP contribution >= 0.6 is 0 Å². The van der Waals surface area contributed by atoms with E-state index in [1.165, 1.54) is 0 Å². The van der Waals surface area contributed by atoms with Crippen molar-refractivity contribution in [2.75, 3.05) is 13.2 Å². The van der Waals surface area contributed by atoms with Crippen LogP contribution in [0.2, 0.25) is 0 Å². The second-order valence-corrected chi connectivity index (χ2v) is 8.17. The molecule has 1 heterocycles. The number of carbonyl (C=O) groups is 1. The molecule has 1 N–H and O–H groups in total. The number of ether oxygens (including phenoxy) is 2. The van der Waals surface area contributed by atoms with Crippen LogP contribution in [0.4, 0.5) is 0 Å². The van der Waals surface area contributed by atoms with Gasteiger partial charge in [-0.1, -0.05) is 30.3 Å². The number of fused-ring (bicyclic) bond motifs is 1. The van der Waals surface area contributed by atoms with Gasteiger partial charge in [-0.15, -0.1) is 0 Å². The van der Waals surface area contributed by atoms with Gasteiger partial charge in [-0.05, 0) is 58.4 Å². The Bertz CT molecular complexity index is 969. The average molecular weight is 409 g/mol. The molecule has 0 spiro atoms. The van der Waals surface area contributed by atoms with Gasteiger partial charge in [0, 0.05) is 35.2 Å². The second-order valence-electron chi connectivity index (χ2n) is 8.17. The van der Waals surface area contributed by atoms with E-state index in [2.05, 4.69) is 37.6 Å². The lowest BCUT2D eigenvalue weighted by Crippen LogP contribution is -2.39. The quantitative estimate of drug-likeness (QED) is 0.486. The Labute approximate surface area is 179 Å². The molecule has 0 amide bonds. The minimum absolute atomic E-state index is 0.252. The lowest BCUT2D eigenvalue weighted by Gasteiger charge is -2.30. The van der Waals surface area contributed by atoms with E-state index in [9.17, 15) is 4.79 Å². The van der Waals surface area contributed by atoms with Crippen LogP contribution < -0.4 is 4.74 Å². The zero-order chi connectivity index (χ0) is 21.7. The van der Waals surface area contributed by atoms with Gasteiger partial charge in [0.05, 0.1) is 5.56 Å². The Morgan fingerprint density at radius 2 is 1.73 bits per heavy atom.